The lowest BCUT2D eigenvalue weighted by atomic mass is 10.1. The molecule has 0 aliphatic rings. The lowest BCUT2D eigenvalue weighted by Gasteiger charge is -2.29. The van der Waals surface area contributed by atoms with Gasteiger partial charge in [-0.2, -0.15) is 0 Å². The minimum absolute atomic E-state index is 0.142. The van der Waals surface area contributed by atoms with Crippen LogP contribution in [0.5, 0.6) is 11.5 Å². The first kappa shape index (κ1) is 20.7. The van der Waals surface area contributed by atoms with Gasteiger partial charge in [-0.1, -0.05) is 30.3 Å². The van der Waals surface area contributed by atoms with Crippen LogP contribution in [0.4, 0.5) is 0 Å². The van der Waals surface area contributed by atoms with E-state index >= 15 is 0 Å². The van der Waals surface area contributed by atoms with Crippen molar-refractivity contribution >= 4 is 0 Å². The van der Waals surface area contributed by atoms with E-state index in [1.165, 1.54) is 6.07 Å². The molecule has 2 aromatic carbocycles. The zero-order valence-corrected chi connectivity index (χ0v) is 17.5. The monoisotopic (exact) mass is 392 g/mol. The van der Waals surface area contributed by atoms with Crippen molar-refractivity contribution in [3.63, 3.8) is 0 Å². The summed E-state index contributed by atoms with van der Waals surface area (Å²) in [5, 5.41) is 0. The molecule has 0 fully saturated rings. The fourth-order valence-corrected chi connectivity index (χ4v) is 3.29. The Kier molecular flexibility index (Phi) is 6.39. The molecule has 152 valence electrons. The molecule has 0 amide bonds. The lowest BCUT2D eigenvalue weighted by molar-refractivity contribution is 0.0775. The summed E-state index contributed by atoms with van der Waals surface area (Å²) in [5.74, 6) is 1.33. The molecular weight excluding hydrogens is 364 g/mol. The maximum atomic E-state index is 12.5. The molecule has 3 rings (SSSR count). The van der Waals surface area contributed by atoms with Crippen LogP contribution in [0.1, 0.15) is 19.4 Å². The van der Waals surface area contributed by atoms with Gasteiger partial charge in [-0.25, -0.2) is 0 Å². The molecule has 0 radical (unpaired) electrons. The maximum absolute atomic E-state index is 12.5. The number of rotatable bonds is 8. The van der Waals surface area contributed by atoms with Crippen LogP contribution in [0, 0.1) is 0 Å². The second-order valence-electron chi connectivity index (χ2n) is 7.94. The number of likely N-dealkylation sites (N-methyl/N-ethyl adjacent to an activating group) is 1. The molecule has 0 atom stereocenters. The first-order valence-corrected chi connectivity index (χ1v) is 9.66. The SMILES string of the molecule is CN(C)CC(C)(C)Oc1ccc(-n2ccc(OCc3ccccc3)cc2=O)cc1. The van der Waals surface area contributed by atoms with Crippen molar-refractivity contribution in [3.8, 4) is 17.2 Å². The molecule has 5 heteroatoms. The highest BCUT2D eigenvalue weighted by molar-refractivity contribution is 5.38. The minimum Gasteiger partial charge on any atom is -0.489 e. The van der Waals surface area contributed by atoms with E-state index < -0.39 is 0 Å². The van der Waals surface area contributed by atoms with Crippen LogP contribution in [0.2, 0.25) is 0 Å². The molecule has 5 nitrogen and oxygen atoms in total. The first-order chi connectivity index (χ1) is 13.8. The van der Waals surface area contributed by atoms with Gasteiger partial charge in [0.1, 0.15) is 23.7 Å². The van der Waals surface area contributed by atoms with Crippen molar-refractivity contribution in [1.82, 2.24) is 9.47 Å². The summed E-state index contributed by atoms with van der Waals surface area (Å²) in [6.07, 6.45) is 1.73. The van der Waals surface area contributed by atoms with Gasteiger partial charge in [-0.05, 0) is 63.8 Å². The summed E-state index contributed by atoms with van der Waals surface area (Å²) >= 11 is 0. The number of hydrogen-bond acceptors (Lipinski definition) is 4. The van der Waals surface area contributed by atoms with Crippen LogP contribution in [0.25, 0.3) is 5.69 Å². The molecule has 0 spiro atoms. The van der Waals surface area contributed by atoms with E-state index in [1.807, 2.05) is 68.7 Å². The third-order valence-electron chi connectivity index (χ3n) is 4.35. The van der Waals surface area contributed by atoms with E-state index in [0.717, 1.165) is 23.5 Å². The van der Waals surface area contributed by atoms with Crippen LogP contribution in [-0.4, -0.2) is 35.7 Å². The zero-order chi connectivity index (χ0) is 20.9. The number of aromatic nitrogens is 1. The molecule has 0 saturated heterocycles. The fourth-order valence-electron chi connectivity index (χ4n) is 3.29. The normalized spacial score (nSPS) is 11.5. The Morgan fingerprint density at radius 2 is 1.62 bits per heavy atom. The summed E-state index contributed by atoms with van der Waals surface area (Å²) in [6.45, 7) is 5.34. The Morgan fingerprint density at radius 3 is 2.24 bits per heavy atom. The summed E-state index contributed by atoms with van der Waals surface area (Å²) < 4.78 is 13.4. The van der Waals surface area contributed by atoms with Crippen LogP contribution in [0.15, 0.2) is 77.7 Å². The molecule has 0 unspecified atom stereocenters. The Labute approximate surface area is 172 Å². The molecule has 0 saturated carbocycles. The van der Waals surface area contributed by atoms with Crippen molar-refractivity contribution in [2.24, 2.45) is 0 Å². The number of pyridine rings is 1. The van der Waals surface area contributed by atoms with Gasteiger partial charge >= 0.3 is 0 Å². The van der Waals surface area contributed by atoms with Crippen LogP contribution in [-0.2, 0) is 6.61 Å². The molecule has 0 aliphatic heterocycles. The third kappa shape index (κ3) is 5.96. The summed E-state index contributed by atoms with van der Waals surface area (Å²) in [6, 6.07) is 20.7. The van der Waals surface area contributed by atoms with Gasteiger partial charge < -0.3 is 14.4 Å². The van der Waals surface area contributed by atoms with Gasteiger partial charge in [0, 0.05) is 24.5 Å². The van der Waals surface area contributed by atoms with Crippen molar-refractivity contribution in [2.75, 3.05) is 20.6 Å². The van der Waals surface area contributed by atoms with Gasteiger partial charge in [0.05, 0.1) is 0 Å². The highest BCUT2D eigenvalue weighted by atomic mass is 16.5. The van der Waals surface area contributed by atoms with E-state index in [-0.39, 0.29) is 11.2 Å². The Hall–Kier alpha value is -3.05. The highest BCUT2D eigenvalue weighted by Crippen LogP contribution is 2.21. The van der Waals surface area contributed by atoms with E-state index in [9.17, 15) is 4.79 Å². The average Bonchev–Trinajstić information content (AvgIpc) is 2.67. The topological polar surface area (TPSA) is 43.7 Å². The Bertz CT molecular complexity index is 977. The van der Waals surface area contributed by atoms with E-state index in [0.29, 0.717) is 12.4 Å². The summed E-state index contributed by atoms with van der Waals surface area (Å²) in [4.78, 5) is 14.6. The standard InChI is InChI=1S/C24H28N2O3/c1-24(2,18-25(3)4)29-21-12-10-20(11-13-21)26-15-14-22(16-23(26)27)28-17-19-8-6-5-7-9-19/h5-16H,17-18H2,1-4H3. The van der Waals surface area contributed by atoms with Gasteiger partial charge in [-0.15, -0.1) is 0 Å². The second kappa shape index (κ2) is 8.97. The van der Waals surface area contributed by atoms with Gasteiger partial charge in [-0.3, -0.25) is 9.36 Å². The predicted molar refractivity (Wildman–Crippen MR) is 116 cm³/mol. The van der Waals surface area contributed by atoms with Gasteiger partial charge in [0.2, 0.25) is 0 Å². The summed E-state index contributed by atoms with van der Waals surface area (Å²) in [7, 11) is 4.04. The molecule has 0 N–H and O–H groups in total. The van der Waals surface area contributed by atoms with Crippen molar-refractivity contribution in [1.29, 1.82) is 0 Å². The molecule has 1 heterocycles. The Balaban J connectivity index is 1.68. The average molecular weight is 392 g/mol. The van der Waals surface area contributed by atoms with E-state index in [1.54, 1.807) is 16.8 Å². The van der Waals surface area contributed by atoms with Crippen molar-refractivity contribution < 1.29 is 9.47 Å². The van der Waals surface area contributed by atoms with Crippen molar-refractivity contribution in [3.05, 3.63) is 88.8 Å². The van der Waals surface area contributed by atoms with Gasteiger partial charge in [0.15, 0.2) is 0 Å². The van der Waals surface area contributed by atoms with E-state index in [4.69, 9.17) is 9.47 Å². The quantitative estimate of drug-likeness (QED) is 0.578. The minimum atomic E-state index is -0.306. The van der Waals surface area contributed by atoms with Crippen LogP contribution in [0.3, 0.4) is 0 Å². The van der Waals surface area contributed by atoms with Gasteiger partial charge in [0.25, 0.3) is 5.56 Å². The summed E-state index contributed by atoms with van der Waals surface area (Å²) in [5.41, 5.74) is 1.39. The molecule has 29 heavy (non-hydrogen) atoms. The zero-order valence-electron chi connectivity index (χ0n) is 17.5. The molecule has 0 bridgehead atoms. The molecule has 1 aromatic heterocycles. The van der Waals surface area contributed by atoms with Crippen LogP contribution < -0.4 is 15.0 Å². The third-order valence-corrected chi connectivity index (χ3v) is 4.35. The molecule has 0 aliphatic carbocycles. The van der Waals surface area contributed by atoms with E-state index in [2.05, 4.69) is 18.7 Å². The fraction of sp³-hybridized carbons (Fsp3) is 0.292. The number of ether oxygens (including phenoxy) is 2. The Morgan fingerprint density at radius 1 is 0.931 bits per heavy atom. The van der Waals surface area contributed by atoms with Crippen LogP contribution >= 0.6 is 0 Å². The largest absolute Gasteiger partial charge is 0.489 e. The lowest BCUT2D eigenvalue weighted by Crippen LogP contribution is -2.39. The predicted octanol–water partition coefficient (Wildman–Crippen LogP) is 4.14. The first-order valence-electron chi connectivity index (χ1n) is 9.66. The maximum Gasteiger partial charge on any atom is 0.258 e. The number of nitrogens with zero attached hydrogens (tertiary/aromatic N) is 2. The second-order valence-corrected chi connectivity index (χ2v) is 7.94. The van der Waals surface area contributed by atoms with Crippen molar-refractivity contribution in [2.45, 2.75) is 26.1 Å². The number of benzene rings is 2. The molecule has 3 aromatic rings. The molecular formula is C24H28N2O3. The highest BCUT2D eigenvalue weighted by Gasteiger charge is 2.20. The number of hydrogen-bond donors (Lipinski definition) is 0. The smallest absolute Gasteiger partial charge is 0.258 e.